The predicted octanol–water partition coefficient (Wildman–Crippen LogP) is -1.98. The van der Waals surface area contributed by atoms with Crippen molar-refractivity contribution in [3.8, 4) is 0 Å². The number of aliphatic hydroxyl groups is 3. The maximum Gasteiger partial charge on any atom is 0.295 e. The molecule has 13 heavy (non-hydrogen) atoms. The molecule has 1 aliphatic rings. The number of halogens is 2. The first-order chi connectivity index (χ1) is 5.91. The summed E-state index contributed by atoms with van der Waals surface area (Å²) in [7, 11) is 0. The summed E-state index contributed by atoms with van der Waals surface area (Å²) in [6, 6.07) is -1.98. The fourth-order valence-electron chi connectivity index (χ4n) is 1.12. The van der Waals surface area contributed by atoms with Crippen LogP contribution in [-0.4, -0.2) is 52.4 Å². The third kappa shape index (κ3) is 1.65. The molecule has 1 rings (SSSR count). The van der Waals surface area contributed by atoms with Crippen molar-refractivity contribution in [3.05, 3.63) is 0 Å². The van der Waals surface area contributed by atoms with Gasteiger partial charge in [-0.2, -0.15) is 0 Å². The van der Waals surface area contributed by atoms with Crippen molar-refractivity contribution in [1.82, 2.24) is 0 Å². The Morgan fingerprint density at radius 2 is 1.92 bits per heavy atom. The Hall–Kier alpha value is -0.340. The van der Waals surface area contributed by atoms with E-state index < -0.39 is 37.1 Å². The topological polar surface area (TPSA) is 95.9 Å². The highest BCUT2D eigenvalue weighted by Gasteiger charge is 2.56. The molecule has 0 aromatic carbocycles. The van der Waals surface area contributed by atoms with Crippen molar-refractivity contribution in [2.24, 2.45) is 5.73 Å². The Kier molecular flexibility index (Phi) is 2.83. The van der Waals surface area contributed by atoms with Crippen LogP contribution < -0.4 is 5.73 Å². The molecule has 0 bridgehead atoms. The molecule has 0 amide bonds. The molecule has 4 atom stereocenters. The van der Waals surface area contributed by atoms with Gasteiger partial charge in [-0.25, -0.2) is 8.78 Å². The summed E-state index contributed by atoms with van der Waals surface area (Å²) in [5, 5.41) is 26.4. The molecule has 0 aliphatic carbocycles. The van der Waals surface area contributed by atoms with Crippen molar-refractivity contribution in [2.45, 2.75) is 30.5 Å². The van der Waals surface area contributed by atoms with E-state index in [4.69, 9.17) is 21.1 Å². The van der Waals surface area contributed by atoms with Gasteiger partial charge in [0.05, 0.1) is 6.61 Å². The lowest BCUT2D eigenvalue weighted by atomic mass is 9.97. The van der Waals surface area contributed by atoms with Gasteiger partial charge in [-0.1, -0.05) is 0 Å². The van der Waals surface area contributed by atoms with Crippen LogP contribution in [-0.2, 0) is 4.74 Å². The van der Waals surface area contributed by atoms with Gasteiger partial charge in [0.25, 0.3) is 5.92 Å². The molecule has 5 nitrogen and oxygen atoms in total. The van der Waals surface area contributed by atoms with E-state index in [0.29, 0.717) is 0 Å². The van der Waals surface area contributed by atoms with E-state index >= 15 is 0 Å². The van der Waals surface area contributed by atoms with Gasteiger partial charge >= 0.3 is 0 Å². The van der Waals surface area contributed by atoms with Crippen LogP contribution in [0, 0.1) is 0 Å². The summed E-state index contributed by atoms with van der Waals surface area (Å²) in [5.74, 6) is -3.66. The number of nitrogens with two attached hydrogens (primary N) is 1. The highest BCUT2D eigenvalue weighted by molar-refractivity contribution is 4.97. The molecule has 1 heterocycles. The lowest BCUT2D eigenvalue weighted by Crippen LogP contribution is -2.65. The summed E-state index contributed by atoms with van der Waals surface area (Å²) < 4.78 is 30.4. The number of hydrogen-bond acceptors (Lipinski definition) is 5. The molecular weight excluding hydrogens is 188 g/mol. The van der Waals surface area contributed by atoms with E-state index in [1.165, 1.54) is 0 Å². The maximum atomic E-state index is 13.0. The zero-order valence-corrected chi connectivity index (χ0v) is 6.60. The van der Waals surface area contributed by atoms with Gasteiger partial charge in [0.1, 0.15) is 18.2 Å². The van der Waals surface area contributed by atoms with Crippen LogP contribution in [0.1, 0.15) is 0 Å². The Balaban J connectivity index is 2.82. The minimum atomic E-state index is -3.66. The lowest BCUT2D eigenvalue weighted by molar-refractivity contribution is -0.296. The molecule has 7 heteroatoms. The van der Waals surface area contributed by atoms with Crippen LogP contribution in [0.4, 0.5) is 8.78 Å². The first kappa shape index (κ1) is 10.7. The average molecular weight is 199 g/mol. The fraction of sp³-hybridized carbons (Fsp3) is 1.00. The van der Waals surface area contributed by atoms with Gasteiger partial charge in [-0.15, -0.1) is 0 Å². The van der Waals surface area contributed by atoms with Crippen molar-refractivity contribution in [2.75, 3.05) is 6.61 Å². The van der Waals surface area contributed by atoms with E-state index in [2.05, 4.69) is 4.74 Å². The number of hydrogen-bond donors (Lipinski definition) is 4. The highest BCUT2D eigenvalue weighted by Crippen LogP contribution is 2.32. The second-order valence-corrected chi connectivity index (χ2v) is 2.89. The predicted molar refractivity (Wildman–Crippen MR) is 36.9 cm³/mol. The minimum Gasteiger partial charge on any atom is -0.394 e. The number of rotatable bonds is 1. The van der Waals surface area contributed by atoms with Crippen LogP contribution in [0.5, 0.6) is 0 Å². The van der Waals surface area contributed by atoms with Crippen LogP contribution in [0.15, 0.2) is 0 Å². The summed E-state index contributed by atoms with van der Waals surface area (Å²) in [6.45, 7) is -0.805. The molecule has 0 spiro atoms. The van der Waals surface area contributed by atoms with Crippen molar-refractivity contribution in [1.29, 1.82) is 0 Å². The van der Waals surface area contributed by atoms with Crippen molar-refractivity contribution < 1.29 is 28.8 Å². The van der Waals surface area contributed by atoms with E-state index in [9.17, 15) is 8.78 Å². The van der Waals surface area contributed by atoms with E-state index in [1.54, 1.807) is 0 Å². The van der Waals surface area contributed by atoms with Crippen LogP contribution in [0.25, 0.3) is 0 Å². The first-order valence-corrected chi connectivity index (χ1v) is 3.67. The molecule has 1 fully saturated rings. The Morgan fingerprint density at radius 1 is 1.38 bits per heavy atom. The molecular formula is C6H11F2NO4. The summed E-state index contributed by atoms with van der Waals surface area (Å²) >= 11 is 0. The average Bonchev–Trinajstić information content (AvgIpc) is 2.09. The van der Waals surface area contributed by atoms with Crippen LogP contribution in [0.3, 0.4) is 0 Å². The zero-order chi connectivity index (χ0) is 10.2. The van der Waals surface area contributed by atoms with Gasteiger partial charge in [-0.3, -0.25) is 0 Å². The second-order valence-electron chi connectivity index (χ2n) is 2.89. The van der Waals surface area contributed by atoms with Crippen molar-refractivity contribution >= 4 is 0 Å². The fourth-order valence-corrected chi connectivity index (χ4v) is 1.12. The summed E-state index contributed by atoms with van der Waals surface area (Å²) in [5.41, 5.74) is 4.90. The lowest BCUT2D eigenvalue weighted by Gasteiger charge is -2.40. The molecule has 0 radical (unpaired) electrons. The van der Waals surface area contributed by atoms with Gasteiger partial charge in [0.15, 0.2) is 6.29 Å². The number of aliphatic hydroxyl groups excluding tert-OH is 3. The molecule has 1 saturated heterocycles. The smallest absolute Gasteiger partial charge is 0.295 e. The molecule has 5 N–H and O–H groups in total. The quantitative estimate of drug-likeness (QED) is 0.392. The van der Waals surface area contributed by atoms with E-state index in [1.807, 2.05) is 0 Å². The number of alkyl halides is 2. The first-order valence-electron chi connectivity index (χ1n) is 3.67. The van der Waals surface area contributed by atoms with Crippen LogP contribution in [0.2, 0.25) is 0 Å². The minimum absolute atomic E-state index is 0.805. The molecule has 78 valence electrons. The Morgan fingerprint density at radius 3 is 2.38 bits per heavy atom. The normalized spacial score (nSPS) is 44.8. The summed E-state index contributed by atoms with van der Waals surface area (Å²) in [4.78, 5) is 0. The monoisotopic (exact) mass is 199 g/mol. The maximum absolute atomic E-state index is 13.0. The molecule has 0 unspecified atom stereocenters. The molecule has 0 saturated carbocycles. The number of ether oxygens (including phenoxy) is 1. The molecule has 1 aliphatic heterocycles. The third-order valence-corrected chi connectivity index (χ3v) is 1.99. The van der Waals surface area contributed by atoms with Gasteiger partial charge in [-0.05, 0) is 0 Å². The Bertz CT molecular complexity index is 191. The van der Waals surface area contributed by atoms with E-state index in [-0.39, 0.29) is 0 Å². The Labute approximate surface area is 72.7 Å². The van der Waals surface area contributed by atoms with Gasteiger partial charge in [0.2, 0.25) is 0 Å². The zero-order valence-electron chi connectivity index (χ0n) is 6.60. The summed E-state index contributed by atoms with van der Waals surface area (Å²) in [6.07, 6.45) is -5.59. The largest absolute Gasteiger partial charge is 0.394 e. The van der Waals surface area contributed by atoms with Gasteiger partial charge < -0.3 is 25.8 Å². The van der Waals surface area contributed by atoms with Crippen LogP contribution >= 0.6 is 0 Å². The molecule has 0 aromatic rings. The van der Waals surface area contributed by atoms with Crippen molar-refractivity contribution in [3.63, 3.8) is 0 Å². The third-order valence-electron chi connectivity index (χ3n) is 1.99. The van der Waals surface area contributed by atoms with E-state index in [0.717, 1.165) is 0 Å². The highest BCUT2D eigenvalue weighted by atomic mass is 19.3. The SMILES string of the molecule is N[C@H]1[C@@H](O)O[C@H](CO)[C@@H](O)C1(F)F. The molecule has 0 aromatic heterocycles. The van der Waals surface area contributed by atoms with Gasteiger partial charge in [0, 0.05) is 0 Å². The second kappa shape index (κ2) is 3.43. The standard InChI is InChI=1S/C6H11F2NO4/c7-6(8)3(9)5(12)13-2(1-10)4(6)11/h2-5,10-12H,1,9H2/t2-,3+,4-,5+/m1/s1.